The molecular formula is C19H3BF15Na. The molecule has 0 bridgehead atoms. The van der Waals surface area contributed by atoms with E-state index < -0.39 is 110 Å². The molecule has 0 aliphatic carbocycles. The summed E-state index contributed by atoms with van der Waals surface area (Å²) in [6.45, 7) is -0.213. The Kier molecular flexibility index (Phi) is 8.19. The molecular weight excluding hydrogens is 547 g/mol. The van der Waals surface area contributed by atoms with Crippen molar-refractivity contribution in [1.82, 2.24) is 0 Å². The van der Waals surface area contributed by atoms with Crippen molar-refractivity contribution in [3.8, 4) is 0 Å². The van der Waals surface area contributed by atoms with Gasteiger partial charge in [-0.2, -0.15) is 6.82 Å². The van der Waals surface area contributed by atoms with E-state index in [2.05, 4.69) is 0 Å². The third kappa shape index (κ3) is 3.88. The maximum atomic E-state index is 14.6. The van der Waals surface area contributed by atoms with E-state index >= 15 is 0 Å². The number of hydrogen-bond donors (Lipinski definition) is 0. The Morgan fingerprint density at radius 1 is 0.278 bits per heavy atom. The average molecular weight is 550 g/mol. The van der Waals surface area contributed by atoms with Gasteiger partial charge in [-0.1, -0.05) is 0 Å². The summed E-state index contributed by atoms with van der Waals surface area (Å²) in [6.07, 6.45) is -5.41. The molecule has 0 nitrogen and oxygen atoms in total. The van der Waals surface area contributed by atoms with Gasteiger partial charge in [0.15, 0.2) is 52.4 Å². The molecule has 0 unspecified atom stereocenters. The van der Waals surface area contributed by atoms with Crippen LogP contribution in [0.4, 0.5) is 65.9 Å². The van der Waals surface area contributed by atoms with Crippen LogP contribution >= 0.6 is 0 Å². The summed E-state index contributed by atoms with van der Waals surface area (Å²) < 4.78 is 212. The Labute approximate surface area is 211 Å². The summed E-state index contributed by atoms with van der Waals surface area (Å²) in [5.41, 5.74) is -7.89. The molecule has 3 aromatic rings. The fourth-order valence-corrected chi connectivity index (χ4v) is 3.82. The first-order valence-electron chi connectivity index (χ1n) is 8.78. The van der Waals surface area contributed by atoms with Gasteiger partial charge in [0.2, 0.25) is 0 Å². The smallest absolute Gasteiger partial charge is 0.207 e. The molecule has 0 saturated carbocycles. The minimum Gasteiger partial charge on any atom is -0.207 e. The second-order valence-corrected chi connectivity index (χ2v) is 7.25. The number of hydrogen-bond acceptors (Lipinski definition) is 0. The molecule has 188 valence electrons. The van der Waals surface area contributed by atoms with Crippen molar-refractivity contribution in [2.45, 2.75) is 6.82 Å². The van der Waals surface area contributed by atoms with Gasteiger partial charge >= 0.3 is 29.6 Å². The van der Waals surface area contributed by atoms with E-state index in [1.165, 1.54) is 0 Å². The minimum absolute atomic E-state index is 0. The fraction of sp³-hybridized carbons (Fsp3) is 0.0526. The van der Waals surface area contributed by atoms with Crippen LogP contribution in [0.15, 0.2) is 0 Å². The van der Waals surface area contributed by atoms with E-state index in [0.29, 0.717) is 0 Å². The zero-order valence-corrected chi connectivity index (χ0v) is 19.2. The van der Waals surface area contributed by atoms with Gasteiger partial charge in [-0.05, 0) is 0 Å². The van der Waals surface area contributed by atoms with Crippen LogP contribution in [0.1, 0.15) is 0 Å². The van der Waals surface area contributed by atoms with Crippen LogP contribution in [0.25, 0.3) is 0 Å². The van der Waals surface area contributed by atoms with Gasteiger partial charge < -0.3 is 0 Å². The van der Waals surface area contributed by atoms with Gasteiger partial charge in [-0.25, -0.2) is 65.9 Å². The van der Waals surface area contributed by atoms with Crippen molar-refractivity contribution in [2.75, 3.05) is 0 Å². The predicted molar refractivity (Wildman–Crippen MR) is 89.2 cm³/mol. The first-order valence-corrected chi connectivity index (χ1v) is 8.78. The summed E-state index contributed by atoms with van der Waals surface area (Å²) in [6, 6.07) is 0. The van der Waals surface area contributed by atoms with Crippen LogP contribution in [0.2, 0.25) is 6.82 Å². The van der Waals surface area contributed by atoms with E-state index in [4.69, 9.17) is 0 Å². The number of rotatable bonds is 3. The summed E-state index contributed by atoms with van der Waals surface area (Å²) in [5, 5.41) is 0. The fourth-order valence-electron chi connectivity index (χ4n) is 3.82. The van der Waals surface area contributed by atoms with Crippen LogP contribution in [0.3, 0.4) is 0 Å². The van der Waals surface area contributed by atoms with Crippen LogP contribution in [0, 0.1) is 87.3 Å². The first kappa shape index (κ1) is 29.9. The minimum atomic E-state index is -5.41. The molecule has 0 N–H and O–H groups in total. The molecule has 0 saturated heterocycles. The van der Waals surface area contributed by atoms with Crippen molar-refractivity contribution >= 4 is 22.5 Å². The SMILES string of the molecule is C[B-](c1c(F)c(F)c(F)c(F)c1F)(c1c(F)c(F)c(F)c(F)c1F)c1c(F)c(F)c(F)c(F)c1F.[Na+]. The average Bonchev–Trinajstić information content (AvgIpc) is 2.81. The molecule has 17 heteroatoms. The van der Waals surface area contributed by atoms with Crippen molar-refractivity contribution in [3.63, 3.8) is 0 Å². The zero-order chi connectivity index (χ0) is 26.9. The summed E-state index contributed by atoms with van der Waals surface area (Å²) in [4.78, 5) is 0. The molecule has 0 spiro atoms. The van der Waals surface area contributed by atoms with Crippen molar-refractivity contribution in [1.29, 1.82) is 0 Å². The predicted octanol–water partition coefficient (Wildman–Crippen LogP) is 1.88. The molecule has 0 aromatic heterocycles. The van der Waals surface area contributed by atoms with Gasteiger partial charge in [-0.15, -0.1) is 16.4 Å². The number of halogens is 15. The van der Waals surface area contributed by atoms with Crippen molar-refractivity contribution < 1.29 is 95.4 Å². The summed E-state index contributed by atoms with van der Waals surface area (Å²) >= 11 is 0. The van der Waals surface area contributed by atoms with Crippen molar-refractivity contribution in [2.24, 2.45) is 0 Å². The molecule has 0 heterocycles. The second kappa shape index (κ2) is 9.86. The van der Waals surface area contributed by atoms with Crippen LogP contribution in [0.5, 0.6) is 0 Å². The van der Waals surface area contributed by atoms with Gasteiger partial charge in [0.05, 0.1) is 0 Å². The van der Waals surface area contributed by atoms with E-state index in [9.17, 15) is 65.9 Å². The van der Waals surface area contributed by atoms with Gasteiger partial charge in [-0.3, -0.25) is 0 Å². The van der Waals surface area contributed by atoms with E-state index in [1.807, 2.05) is 0 Å². The molecule has 0 aliphatic heterocycles. The quantitative estimate of drug-likeness (QED) is 0.203. The summed E-state index contributed by atoms with van der Waals surface area (Å²) in [7, 11) is 0. The van der Waals surface area contributed by atoms with Gasteiger partial charge in [0.25, 0.3) is 0 Å². The monoisotopic (exact) mass is 550 g/mol. The molecule has 0 radical (unpaired) electrons. The van der Waals surface area contributed by atoms with E-state index in [-0.39, 0.29) is 36.4 Å². The van der Waals surface area contributed by atoms with Crippen molar-refractivity contribution in [3.05, 3.63) is 87.3 Å². The zero-order valence-electron chi connectivity index (χ0n) is 17.2. The Morgan fingerprint density at radius 2 is 0.389 bits per heavy atom. The van der Waals surface area contributed by atoms with E-state index in [0.717, 1.165) is 0 Å². The Hall–Kier alpha value is -2.33. The maximum Gasteiger partial charge on any atom is 1.00 e. The largest absolute Gasteiger partial charge is 1.00 e. The Bertz CT molecular complexity index is 1170. The number of benzene rings is 3. The molecule has 0 fully saturated rings. The molecule has 0 amide bonds. The third-order valence-corrected chi connectivity index (χ3v) is 5.46. The molecule has 3 aromatic carbocycles. The van der Waals surface area contributed by atoms with Crippen LogP contribution in [-0.2, 0) is 0 Å². The first-order chi connectivity index (χ1) is 16.0. The van der Waals surface area contributed by atoms with Crippen LogP contribution < -0.4 is 45.9 Å². The Morgan fingerprint density at radius 3 is 0.528 bits per heavy atom. The van der Waals surface area contributed by atoms with Gasteiger partial charge in [0.1, 0.15) is 41.0 Å². The molecule has 0 atom stereocenters. The maximum absolute atomic E-state index is 14.6. The normalized spacial score (nSPS) is 11.7. The standard InChI is InChI=1S/C19H3BF15.Na/c1-20(2-5(21)11(27)17(33)12(28)6(2)22,3-7(23)13(29)18(34)14(30)8(3)24)4-9(25)15(31)19(35)16(32)10(4)26;/h1H3;/q-1;+1. The molecule has 3 rings (SSSR count). The summed E-state index contributed by atoms with van der Waals surface area (Å²) in [5.74, 6) is -45.1. The van der Waals surface area contributed by atoms with E-state index in [1.54, 1.807) is 0 Å². The molecule has 0 aliphatic rings. The van der Waals surface area contributed by atoms with Crippen LogP contribution in [-0.4, -0.2) is 6.15 Å². The topological polar surface area (TPSA) is 0 Å². The van der Waals surface area contributed by atoms with Gasteiger partial charge in [0, 0.05) is 0 Å². The third-order valence-electron chi connectivity index (χ3n) is 5.46. The Balaban J connectivity index is 0.00000456. The molecule has 36 heavy (non-hydrogen) atoms. The second-order valence-electron chi connectivity index (χ2n) is 7.25.